The minimum atomic E-state index is -2.63. The summed E-state index contributed by atoms with van der Waals surface area (Å²) in [5.74, 6) is -1.60. The average Bonchev–Trinajstić information content (AvgIpc) is 2.72. The van der Waals surface area contributed by atoms with Crippen LogP contribution < -0.4 is 0 Å². The standard InChI is InChI=1S/C22H27O6PS2/c23-21(24)11-9-17-1-5-19(6-2-17)13-15-27-29(30,31)28-16-14-20-7-3-18(4-8-20)10-12-22(25)26/h1-8H,9-16H2,(H,23,24)(H,25,26)(H,30,31). The molecule has 0 aliphatic heterocycles. The summed E-state index contributed by atoms with van der Waals surface area (Å²) in [7, 11) is 0. The van der Waals surface area contributed by atoms with Gasteiger partial charge in [0.2, 0.25) is 5.69 Å². The molecule has 2 aromatic carbocycles. The lowest BCUT2D eigenvalue weighted by molar-refractivity contribution is -0.138. The molecule has 0 aromatic heterocycles. The Balaban J connectivity index is 1.68. The molecule has 168 valence electrons. The molecule has 0 unspecified atom stereocenters. The molecule has 0 fully saturated rings. The number of aryl methyl sites for hydroxylation is 2. The molecule has 31 heavy (non-hydrogen) atoms. The Morgan fingerprint density at radius 2 is 1.00 bits per heavy atom. The Morgan fingerprint density at radius 1 is 0.710 bits per heavy atom. The number of hydrogen-bond donors (Lipinski definition) is 3. The summed E-state index contributed by atoms with van der Waals surface area (Å²) in [4.78, 5) is 21.3. The highest BCUT2D eigenvalue weighted by molar-refractivity contribution is 8.60. The van der Waals surface area contributed by atoms with Gasteiger partial charge in [0.1, 0.15) is 0 Å². The first-order chi connectivity index (χ1) is 14.7. The Kier molecular flexibility index (Phi) is 10.7. The molecule has 0 radical (unpaired) electrons. The Labute approximate surface area is 192 Å². The van der Waals surface area contributed by atoms with Gasteiger partial charge in [0.05, 0.1) is 13.2 Å². The van der Waals surface area contributed by atoms with Gasteiger partial charge >= 0.3 is 11.9 Å². The molecule has 0 aliphatic carbocycles. The van der Waals surface area contributed by atoms with Crippen molar-refractivity contribution in [2.45, 2.75) is 38.5 Å². The lowest BCUT2D eigenvalue weighted by Crippen LogP contribution is -2.01. The van der Waals surface area contributed by atoms with E-state index in [1.807, 2.05) is 48.5 Å². The summed E-state index contributed by atoms with van der Waals surface area (Å²) in [6.45, 7) is 0.793. The van der Waals surface area contributed by atoms with Crippen LogP contribution in [0.1, 0.15) is 35.1 Å². The molecule has 0 heterocycles. The second-order valence-corrected chi connectivity index (χ2v) is 12.3. The molecule has 0 saturated carbocycles. The van der Waals surface area contributed by atoms with Gasteiger partial charge in [-0.25, -0.2) is 0 Å². The summed E-state index contributed by atoms with van der Waals surface area (Å²) in [6, 6.07) is 15.6. The fourth-order valence-electron chi connectivity index (χ4n) is 2.84. The van der Waals surface area contributed by atoms with Crippen molar-refractivity contribution in [3.05, 3.63) is 70.8 Å². The molecule has 9 heteroatoms. The highest BCUT2D eigenvalue weighted by atomic mass is 32.9. The van der Waals surface area contributed by atoms with E-state index in [-0.39, 0.29) is 12.8 Å². The SMILES string of the molecule is O=C(O)CCc1ccc(CCOP(=S)(S)OCCc2ccc(CCC(=O)O)cc2)cc1. The van der Waals surface area contributed by atoms with E-state index >= 15 is 0 Å². The first-order valence-corrected chi connectivity index (χ1v) is 13.7. The number of aliphatic carboxylic acids is 2. The van der Waals surface area contributed by atoms with Crippen molar-refractivity contribution in [3.63, 3.8) is 0 Å². The maximum Gasteiger partial charge on any atom is 0.303 e. The molecule has 0 amide bonds. The number of carbonyl (C=O) groups is 2. The number of carboxylic acid groups (broad SMARTS) is 2. The second kappa shape index (κ2) is 13.0. The number of carboxylic acids is 2. The smallest absolute Gasteiger partial charge is 0.303 e. The third-order valence-corrected chi connectivity index (χ3v) is 6.93. The van der Waals surface area contributed by atoms with Crippen LogP contribution in [-0.4, -0.2) is 35.4 Å². The van der Waals surface area contributed by atoms with Crippen molar-refractivity contribution in [1.82, 2.24) is 0 Å². The van der Waals surface area contributed by atoms with Crippen LogP contribution in [0.5, 0.6) is 0 Å². The van der Waals surface area contributed by atoms with Gasteiger partial charge in [-0.15, -0.1) is 0 Å². The lowest BCUT2D eigenvalue weighted by atomic mass is 10.1. The molecular weight excluding hydrogens is 455 g/mol. The number of thiol groups is 1. The zero-order valence-corrected chi connectivity index (χ0v) is 19.7. The third kappa shape index (κ3) is 10.9. The van der Waals surface area contributed by atoms with Gasteiger partial charge < -0.3 is 19.3 Å². The van der Waals surface area contributed by atoms with E-state index in [4.69, 9.17) is 31.1 Å². The Morgan fingerprint density at radius 3 is 1.29 bits per heavy atom. The van der Waals surface area contributed by atoms with E-state index in [0.29, 0.717) is 38.9 Å². The van der Waals surface area contributed by atoms with Crippen LogP contribution in [-0.2, 0) is 56.1 Å². The number of hydrogen-bond acceptors (Lipinski definition) is 5. The molecular formula is C22H27O6PS2. The quantitative estimate of drug-likeness (QED) is 0.266. The maximum atomic E-state index is 10.6. The molecule has 6 nitrogen and oxygen atoms in total. The number of rotatable bonds is 14. The minimum absolute atomic E-state index is 0.122. The van der Waals surface area contributed by atoms with Crippen LogP contribution >= 0.6 is 17.9 Å². The maximum absolute atomic E-state index is 10.6. The summed E-state index contributed by atoms with van der Waals surface area (Å²) < 4.78 is 11.4. The average molecular weight is 483 g/mol. The van der Waals surface area contributed by atoms with E-state index in [1.54, 1.807) is 0 Å². The Bertz CT molecular complexity index is 828. The van der Waals surface area contributed by atoms with E-state index in [1.165, 1.54) is 0 Å². The zero-order valence-electron chi connectivity index (χ0n) is 17.1. The van der Waals surface area contributed by atoms with Crippen LogP contribution in [0.25, 0.3) is 0 Å². The fourth-order valence-corrected chi connectivity index (χ4v) is 4.50. The van der Waals surface area contributed by atoms with Crippen LogP contribution in [0.15, 0.2) is 48.5 Å². The molecule has 0 atom stereocenters. The van der Waals surface area contributed by atoms with Gasteiger partial charge in [0.15, 0.2) is 0 Å². The van der Waals surface area contributed by atoms with Gasteiger partial charge in [-0.1, -0.05) is 60.8 Å². The molecule has 2 aromatic rings. The minimum Gasteiger partial charge on any atom is -0.481 e. The van der Waals surface area contributed by atoms with Crippen LogP contribution in [0, 0.1) is 0 Å². The number of benzene rings is 2. The predicted molar refractivity (Wildman–Crippen MR) is 127 cm³/mol. The highest BCUT2D eigenvalue weighted by Crippen LogP contribution is 2.53. The Hall–Kier alpha value is -1.70. The first-order valence-electron chi connectivity index (χ1n) is 9.94. The summed E-state index contributed by atoms with van der Waals surface area (Å²) >= 11 is 9.73. The zero-order chi connectivity index (χ0) is 22.7. The van der Waals surface area contributed by atoms with Gasteiger partial charge in [-0.3, -0.25) is 9.59 Å². The van der Waals surface area contributed by atoms with Gasteiger partial charge in [0.25, 0.3) is 0 Å². The van der Waals surface area contributed by atoms with Gasteiger partial charge in [-0.2, -0.15) is 0 Å². The van der Waals surface area contributed by atoms with Crippen molar-refractivity contribution in [3.8, 4) is 0 Å². The predicted octanol–water partition coefficient (Wildman–Crippen LogP) is 4.69. The third-order valence-electron chi connectivity index (χ3n) is 4.59. The lowest BCUT2D eigenvalue weighted by Gasteiger charge is -2.17. The van der Waals surface area contributed by atoms with E-state index in [9.17, 15) is 9.59 Å². The van der Waals surface area contributed by atoms with Crippen molar-refractivity contribution < 1.29 is 28.8 Å². The molecule has 2 N–H and O–H groups in total. The van der Waals surface area contributed by atoms with Crippen LogP contribution in [0.4, 0.5) is 0 Å². The topological polar surface area (TPSA) is 93.1 Å². The second-order valence-electron chi connectivity index (χ2n) is 7.06. The first kappa shape index (κ1) is 25.6. The molecule has 0 spiro atoms. The van der Waals surface area contributed by atoms with Crippen molar-refractivity contribution >= 4 is 41.7 Å². The van der Waals surface area contributed by atoms with E-state index < -0.39 is 17.6 Å². The van der Waals surface area contributed by atoms with Crippen molar-refractivity contribution in [2.24, 2.45) is 0 Å². The van der Waals surface area contributed by atoms with Crippen molar-refractivity contribution in [1.29, 1.82) is 0 Å². The molecule has 0 aliphatic rings. The largest absolute Gasteiger partial charge is 0.481 e. The molecule has 0 bridgehead atoms. The highest BCUT2D eigenvalue weighted by Gasteiger charge is 2.13. The summed E-state index contributed by atoms with van der Waals surface area (Å²) in [6.07, 6.45) is 2.61. The van der Waals surface area contributed by atoms with E-state index in [2.05, 4.69) is 12.2 Å². The van der Waals surface area contributed by atoms with Crippen molar-refractivity contribution in [2.75, 3.05) is 13.2 Å². The fraction of sp³-hybridized carbons (Fsp3) is 0.364. The molecule has 0 saturated heterocycles. The summed E-state index contributed by atoms with van der Waals surface area (Å²) in [5, 5.41) is 17.5. The van der Waals surface area contributed by atoms with E-state index in [0.717, 1.165) is 22.3 Å². The van der Waals surface area contributed by atoms with Gasteiger partial charge in [-0.05, 0) is 59.7 Å². The van der Waals surface area contributed by atoms with Crippen LogP contribution in [0.3, 0.4) is 0 Å². The summed E-state index contributed by atoms with van der Waals surface area (Å²) in [5.41, 5.74) is 1.50. The van der Waals surface area contributed by atoms with Gasteiger partial charge in [0, 0.05) is 12.8 Å². The van der Waals surface area contributed by atoms with Crippen LogP contribution in [0.2, 0.25) is 0 Å². The molecule has 2 rings (SSSR count). The monoisotopic (exact) mass is 482 g/mol. The normalized spacial score (nSPS) is 11.4.